The van der Waals surface area contributed by atoms with Gasteiger partial charge in [0.05, 0.1) is 0 Å². The van der Waals surface area contributed by atoms with Gasteiger partial charge in [0.1, 0.15) is 0 Å². The molecule has 0 aliphatic carbocycles. The Labute approximate surface area is 93.3 Å². The molecule has 0 aromatic rings. The second-order valence-electron chi connectivity index (χ2n) is 4.19. The molecule has 88 valence electrons. The van der Waals surface area contributed by atoms with Crippen LogP contribution in [0.15, 0.2) is 12.2 Å². The fourth-order valence-corrected chi connectivity index (χ4v) is 1.79. The van der Waals surface area contributed by atoms with Gasteiger partial charge in [-0.25, -0.2) is 0 Å². The number of hydrogen-bond acceptors (Lipinski definition) is 2. The molecule has 0 fully saturated rings. The van der Waals surface area contributed by atoms with E-state index in [1.54, 1.807) is 0 Å². The van der Waals surface area contributed by atoms with Gasteiger partial charge in [0.25, 0.3) is 0 Å². The van der Waals surface area contributed by atoms with Crippen LogP contribution < -0.4 is 5.73 Å². The van der Waals surface area contributed by atoms with Gasteiger partial charge in [0.2, 0.25) is 5.91 Å². The minimum atomic E-state index is -0.369. The molecule has 0 aromatic heterocycles. The lowest BCUT2D eigenvalue weighted by Gasteiger charge is -2.36. The second kappa shape index (κ2) is 6.62. The van der Waals surface area contributed by atoms with E-state index in [0.29, 0.717) is 0 Å². The van der Waals surface area contributed by atoms with Crippen molar-refractivity contribution in [2.75, 3.05) is 14.1 Å². The van der Waals surface area contributed by atoms with Crippen molar-refractivity contribution in [2.45, 2.75) is 45.1 Å². The van der Waals surface area contributed by atoms with Crippen LogP contribution in [0.2, 0.25) is 0 Å². The molecule has 15 heavy (non-hydrogen) atoms. The summed E-state index contributed by atoms with van der Waals surface area (Å²) >= 11 is 0. The highest BCUT2D eigenvalue weighted by atomic mass is 16.1. The molecule has 1 atom stereocenters. The minimum Gasteiger partial charge on any atom is -0.366 e. The number of hydrogen-bond donors (Lipinski definition) is 1. The number of primary amides is 1. The highest BCUT2D eigenvalue weighted by Gasteiger charge is 2.26. The van der Waals surface area contributed by atoms with Gasteiger partial charge < -0.3 is 10.6 Å². The smallest absolute Gasteiger partial charge is 0.241 e. The normalized spacial score (nSPS) is 15.8. The Morgan fingerprint density at radius 1 is 1.40 bits per heavy atom. The van der Waals surface area contributed by atoms with Crippen molar-refractivity contribution in [1.82, 2.24) is 4.90 Å². The molecule has 0 aromatic carbocycles. The van der Waals surface area contributed by atoms with Crippen LogP contribution in [0.25, 0.3) is 0 Å². The molecule has 2 N–H and O–H groups in total. The van der Waals surface area contributed by atoms with Crippen LogP contribution in [-0.2, 0) is 4.79 Å². The first kappa shape index (κ1) is 14.2. The first-order chi connectivity index (χ1) is 6.98. The Balaban J connectivity index is 4.72. The van der Waals surface area contributed by atoms with Crippen molar-refractivity contribution < 1.29 is 4.79 Å². The molecule has 0 heterocycles. The fraction of sp³-hybridized carbons (Fsp3) is 0.750. The number of rotatable bonds is 7. The molecule has 3 nitrogen and oxygen atoms in total. The van der Waals surface area contributed by atoms with Gasteiger partial charge >= 0.3 is 0 Å². The summed E-state index contributed by atoms with van der Waals surface area (Å²) in [7, 11) is 4.09. The van der Waals surface area contributed by atoms with Crippen molar-refractivity contribution in [2.24, 2.45) is 5.73 Å². The van der Waals surface area contributed by atoms with Gasteiger partial charge in [-0.2, -0.15) is 0 Å². The molecular formula is C12H24N2O. The fourth-order valence-electron chi connectivity index (χ4n) is 1.79. The minimum absolute atomic E-state index is 0.0228. The summed E-state index contributed by atoms with van der Waals surface area (Å²) < 4.78 is 0. The van der Waals surface area contributed by atoms with Crippen LogP contribution >= 0.6 is 0 Å². The van der Waals surface area contributed by atoms with Crippen molar-refractivity contribution >= 4 is 5.91 Å². The number of likely N-dealkylation sites (N-methyl/N-ethyl adjacent to an activating group) is 1. The maximum absolute atomic E-state index is 10.8. The highest BCUT2D eigenvalue weighted by Crippen LogP contribution is 2.25. The second-order valence-corrected chi connectivity index (χ2v) is 4.19. The maximum atomic E-state index is 10.8. The number of nitrogens with zero attached hydrogens (tertiary/aromatic N) is 1. The first-order valence-corrected chi connectivity index (χ1v) is 5.64. The summed E-state index contributed by atoms with van der Waals surface area (Å²) in [5, 5.41) is 0. The monoisotopic (exact) mass is 212 g/mol. The van der Waals surface area contributed by atoms with Crippen molar-refractivity contribution in [3.05, 3.63) is 12.2 Å². The zero-order valence-corrected chi connectivity index (χ0v) is 10.4. The van der Waals surface area contributed by atoms with E-state index in [-0.39, 0.29) is 11.4 Å². The lowest BCUT2D eigenvalue weighted by molar-refractivity contribution is -0.113. The summed E-state index contributed by atoms with van der Waals surface area (Å²) in [5.41, 5.74) is 5.12. The van der Waals surface area contributed by atoms with Crippen molar-refractivity contribution in [1.29, 1.82) is 0 Å². The number of nitrogens with two attached hydrogens (primary N) is 1. The molecule has 3 heteroatoms. The average Bonchev–Trinajstić information content (AvgIpc) is 2.18. The molecular weight excluding hydrogens is 188 g/mol. The Kier molecular flexibility index (Phi) is 6.25. The lowest BCUT2D eigenvalue weighted by atomic mass is 9.88. The number of carbonyl (C=O) groups is 1. The van der Waals surface area contributed by atoms with E-state index >= 15 is 0 Å². The molecule has 0 aliphatic heterocycles. The van der Waals surface area contributed by atoms with E-state index in [1.807, 2.05) is 20.2 Å². The van der Waals surface area contributed by atoms with Crippen LogP contribution in [0, 0.1) is 0 Å². The molecule has 0 spiro atoms. The number of carbonyl (C=O) groups excluding carboxylic acids is 1. The van der Waals surface area contributed by atoms with Gasteiger partial charge in [-0.1, -0.05) is 32.8 Å². The number of amides is 1. The summed E-state index contributed by atoms with van der Waals surface area (Å²) in [6.45, 7) is 4.31. The Hall–Kier alpha value is -0.830. The average molecular weight is 212 g/mol. The van der Waals surface area contributed by atoms with Gasteiger partial charge in [-0.05, 0) is 26.9 Å². The predicted octanol–water partition coefficient (Wildman–Crippen LogP) is 1.93. The third-order valence-corrected chi connectivity index (χ3v) is 3.02. The molecule has 0 radical (unpaired) electrons. The summed E-state index contributed by atoms with van der Waals surface area (Å²) in [5.74, 6) is -0.369. The van der Waals surface area contributed by atoms with Crippen LogP contribution in [0.4, 0.5) is 0 Å². The molecule has 0 saturated heterocycles. The van der Waals surface area contributed by atoms with E-state index < -0.39 is 0 Å². The quantitative estimate of drug-likeness (QED) is 0.655. The van der Waals surface area contributed by atoms with Crippen LogP contribution in [0.3, 0.4) is 0 Å². The summed E-state index contributed by atoms with van der Waals surface area (Å²) in [4.78, 5) is 12.9. The third kappa shape index (κ3) is 4.47. The topological polar surface area (TPSA) is 46.3 Å². The molecule has 1 unspecified atom stereocenters. The van der Waals surface area contributed by atoms with Gasteiger partial charge in [-0.15, -0.1) is 0 Å². The van der Waals surface area contributed by atoms with E-state index in [2.05, 4.69) is 18.7 Å². The molecule has 0 aliphatic rings. The maximum Gasteiger partial charge on any atom is 0.241 e. The van der Waals surface area contributed by atoms with Crippen LogP contribution in [0.1, 0.15) is 39.5 Å². The van der Waals surface area contributed by atoms with Crippen molar-refractivity contribution in [3.63, 3.8) is 0 Å². The van der Waals surface area contributed by atoms with E-state index in [9.17, 15) is 4.79 Å². The van der Waals surface area contributed by atoms with E-state index in [0.717, 1.165) is 19.3 Å². The van der Waals surface area contributed by atoms with Gasteiger partial charge in [-0.3, -0.25) is 4.79 Å². The molecule has 0 rings (SSSR count). The Morgan fingerprint density at radius 2 is 2.00 bits per heavy atom. The van der Waals surface area contributed by atoms with E-state index in [4.69, 9.17) is 5.73 Å². The molecule has 0 saturated carbocycles. The largest absolute Gasteiger partial charge is 0.366 e. The standard InChI is InChI=1S/C12H24N2O/c1-5-7-9-12(6-2,14(3)4)10-8-11(13)15/h8,10H,5-7,9H2,1-4H3,(H2,13,15)/b10-8+. The molecule has 1 amide bonds. The Morgan fingerprint density at radius 3 is 2.33 bits per heavy atom. The zero-order chi connectivity index (χ0) is 11.9. The number of unbranched alkanes of at least 4 members (excludes halogenated alkanes) is 1. The summed E-state index contributed by atoms with van der Waals surface area (Å²) in [6.07, 6.45) is 7.82. The summed E-state index contributed by atoms with van der Waals surface area (Å²) in [6, 6.07) is 0. The van der Waals surface area contributed by atoms with Crippen LogP contribution in [-0.4, -0.2) is 30.4 Å². The Bertz CT molecular complexity index is 224. The van der Waals surface area contributed by atoms with Crippen LogP contribution in [0.5, 0.6) is 0 Å². The lowest BCUT2D eigenvalue weighted by Crippen LogP contribution is -2.42. The van der Waals surface area contributed by atoms with Gasteiger partial charge in [0.15, 0.2) is 0 Å². The molecule has 0 bridgehead atoms. The van der Waals surface area contributed by atoms with Crippen molar-refractivity contribution in [3.8, 4) is 0 Å². The highest BCUT2D eigenvalue weighted by molar-refractivity contribution is 5.85. The predicted molar refractivity (Wildman–Crippen MR) is 64.6 cm³/mol. The van der Waals surface area contributed by atoms with Gasteiger partial charge in [0, 0.05) is 11.6 Å². The third-order valence-electron chi connectivity index (χ3n) is 3.02. The zero-order valence-electron chi connectivity index (χ0n) is 10.4. The SMILES string of the molecule is CCCCC(/C=C/C(N)=O)(CC)N(C)C. The first-order valence-electron chi connectivity index (χ1n) is 5.64. The van der Waals surface area contributed by atoms with E-state index in [1.165, 1.54) is 12.5 Å².